The smallest absolute Gasteiger partial charge is 0.211 e. The molecule has 0 spiro atoms. The maximum Gasteiger partial charge on any atom is 0.211 e. The SMILES string of the molecule is O=S(=O)(CCCSc1nc2ccccc2s1)NC1CCCC1. The van der Waals surface area contributed by atoms with Gasteiger partial charge in [0.2, 0.25) is 10.0 Å². The van der Waals surface area contributed by atoms with Gasteiger partial charge in [-0.25, -0.2) is 18.1 Å². The second-order valence-electron chi connectivity index (χ2n) is 5.57. The molecule has 1 fully saturated rings. The molecule has 1 aliphatic rings. The number of rotatable bonds is 7. The van der Waals surface area contributed by atoms with Crippen LogP contribution in [0.1, 0.15) is 32.1 Å². The lowest BCUT2D eigenvalue weighted by molar-refractivity contribution is 0.551. The van der Waals surface area contributed by atoms with Gasteiger partial charge in [0.1, 0.15) is 0 Å². The van der Waals surface area contributed by atoms with E-state index in [1.54, 1.807) is 23.1 Å². The summed E-state index contributed by atoms with van der Waals surface area (Å²) in [7, 11) is -3.12. The monoisotopic (exact) mass is 356 g/mol. The van der Waals surface area contributed by atoms with Crippen LogP contribution < -0.4 is 4.72 Å². The molecule has 0 radical (unpaired) electrons. The van der Waals surface area contributed by atoms with Crippen molar-refractivity contribution in [2.24, 2.45) is 0 Å². The maximum atomic E-state index is 12.0. The number of thiazole rings is 1. The van der Waals surface area contributed by atoms with Crippen LogP contribution in [0.2, 0.25) is 0 Å². The first-order valence-corrected chi connectivity index (χ1v) is 11.1. The number of sulfonamides is 1. The maximum absolute atomic E-state index is 12.0. The van der Waals surface area contributed by atoms with E-state index >= 15 is 0 Å². The van der Waals surface area contributed by atoms with E-state index in [0.717, 1.165) is 41.3 Å². The van der Waals surface area contributed by atoms with Gasteiger partial charge in [-0.2, -0.15) is 0 Å². The van der Waals surface area contributed by atoms with Crippen molar-refractivity contribution < 1.29 is 8.42 Å². The highest BCUT2D eigenvalue weighted by atomic mass is 32.2. The third-order valence-electron chi connectivity index (χ3n) is 3.76. The first-order chi connectivity index (χ1) is 10.6. The number of para-hydroxylation sites is 1. The average molecular weight is 357 g/mol. The summed E-state index contributed by atoms with van der Waals surface area (Å²) in [6.07, 6.45) is 4.91. The van der Waals surface area contributed by atoms with Gasteiger partial charge in [-0.3, -0.25) is 0 Å². The minimum atomic E-state index is -3.12. The summed E-state index contributed by atoms with van der Waals surface area (Å²) in [6.45, 7) is 0. The lowest BCUT2D eigenvalue weighted by Crippen LogP contribution is -2.34. The number of benzene rings is 1. The van der Waals surface area contributed by atoms with Crippen LogP contribution in [0.25, 0.3) is 10.2 Å². The minimum Gasteiger partial charge on any atom is -0.230 e. The molecular weight excluding hydrogens is 336 g/mol. The third-order valence-corrected chi connectivity index (χ3v) is 7.54. The number of nitrogens with zero attached hydrogens (tertiary/aromatic N) is 1. The summed E-state index contributed by atoms with van der Waals surface area (Å²) in [4.78, 5) is 4.55. The number of hydrogen-bond donors (Lipinski definition) is 1. The van der Waals surface area contributed by atoms with Gasteiger partial charge in [0.05, 0.1) is 16.0 Å². The van der Waals surface area contributed by atoms with Crippen molar-refractivity contribution in [2.75, 3.05) is 11.5 Å². The molecule has 7 heteroatoms. The van der Waals surface area contributed by atoms with Crippen LogP contribution in [0, 0.1) is 0 Å². The Morgan fingerprint density at radius 2 is 2.05 bits per heavy atom. The topological polar surface area (TPSA) is 59.1 Å². The van der Waals surface area contributed by atoms with Gasteiger partial charge in [0.15, 0.2) is 4.34 Å². The van der Waals surface area contributed by atoms with Crippen molar-refractivity contribution in [3.05, 3.63) is 24.3 Å². The molecule has 120 valence electrons. The molecule has 3 rings (SSSR count). The predicted molar refractivity (Wildman–Crippen MR) is 94.1 cm³/mol. The Bertz CT molecular complexity index is 688. The molecule has 0 atom stereocenters. The Kier molecular flexibility index (Phi) is 5.38. The lowest BCUT2D eigenvalue weighted by Gasteiger charge is -2.11. The van der Waals surface area contributed by atoms with Gasteiger partial charge in [-0.1, -0.05) is 36.7 Å². The summed E-state index contributed by atoms with van der Waals surface area (Å²) in [5, 5.41) is 0. The van der Waals surface area contributed by atoms with E-state index < -0.39 is 10.0 Å². The quantitative estimate of drug-likeness (QED) is 0.608. The first kappa shape index (κ1) is 16.2. The zero-order chi connectivity index (χ0) is 15.4. The largest absolute Gasteiger partial charge is 0.230 e. The van der Waals surface area contributed by atoms with E-state index in [2.05, 4.69) is 15.8 Å². The van der Waals surface area contributed by atoms with E-state index in [0.29, 0.717) is 6.42 Å². The van der Waals surface area contributed by atoms with Crippen molar-refractivity contribution in [1.82, 2.24) is 9.71 Å². The van der Waals surface area contributed by atoms with Crippen molar-refractivity contribution in [1.29, 1.82) is 0 Å². The molecule has 2 aromatic rings. The summed E-state index contributed by atoms with van der Waals surface area (Å²) in [6, 6.07) is 8.23. The number of thioether (sulfide) groups is 1. The summed E-state index contributed by atoms with van der Waals surface area (Å²) in [5.41, 5.74) is 1.02. The van der Waals surface area contributed by atoms with E-state index in [1.165, 1.54) is 4.70 Å². The normalized spacial score (nSPS) is 16.5. The molecule has 22 heavy (non-hydrogen) atoms. The van der Waals surface area contributed by atoms with Crippen molar-refractivity contribution >= 4 is 43.3 Å². The fourth-order valence-electron chi connectivity index (χ4n) is 2.68. The Hall–Kier alpha value is -0.630. The Balaban J connectivity index is 1.44. The van der Waals surface area contributed by atoms with Crippen LogP contribution in [0.3, 0.4) is 0 Å². The summed E-state index contributed by atoms with van der Waals surface area (Å²) in [5.74, 6) is 0.993. The molecule has 1 aromatic carbocycles. The van der Waals surface area contributed by atoms with Crippen LogP contribution in [-0.4, -0.2) is 30.9 Å². The van der Waals surface area contributed by atoms with Crippen molar-refractivity contribution in [3.8, 4) is 0 Å². The standard InChI is InChI=1S/C15H20N2O2S3/c18-22(19,17-12-6-1-2-7-12)11-5-10-20-15-16-13-8-3-4-9-14(13)21-15/h3-4,8-9,12,17H,1-2,5-7,10-11H2. The van der Waals surface area contributed by atoms with Gasteiger partial charge in [0, 0.05) is 11.8 Å². The number of aromatic nitrogens is 1. The molecule has 0 bridgehead atoms. The number of fused-ring (bicyclic) bond motifs is 1. The molecule has 0 aliphatic heterocycles. The van der Waals surface area contributed by atoms with Gasteiger partial charge in [0.25, 0.3) is 0 Å². The molecule has 0 amide bonds. The zero-order valence-electron chi connectivity index (χ0n) is 12.3. The number of nitrogens with one attached hydrogen (secondary N) is 1. The van der Waals surface area contributed by atoms with Gasteiger partial charge < -0.3 is 0 Å². The van der Waals surface area contributed by atoms with Gasteiger partial charge in [-0.05, 0) is 31.4 Å². The lowest BCUT2D eigenvalue weighted by atomic mass is 10.3. The summed E-state index contributed by atoms with van der Waals surface area (Å²) < 4.78 is 29.0. The first-order valence-electron chi connectivity index (χ1n) is 7.61. The Morgan fingerprint density at radius 3 is 2.82 bits per heavy atom. The third kappa shape index (κ3) is 4.44. The molecular formula is C15H20N2O2S3. The predicted octanol–water partition coefficient (Wildman–Crippen LogP) is 3.64. The fourth-order valence-corrected chi connectivity index (χ4v) is 6.32. The zero-order valence-corrected chi connectivity index (χ0v) is 14.8. The fraction of sp³-hybridized carbons (Fsp3) is 0.533. The Morgan fingerprint density at radius 1 is 1.27 bits per heavy atom. The summed E-state index contributed by atoms with van der Waals surface area (Å²) >= 11 is 3.31. The highest BCUT2D eigenvalue weighted by Gasteiger charge is 2.20. The molecule has 1 heterocycles. The molecule has 0 saturated heterocycles. The van der Waals surface area contributed by atoms with E-state index in [1.807, 2.05) is 18.2 Å². The molecule has 1 saturated carbocycles. The highest BCUT2D eigenvalue weighted by molar-refractivity contribution is 8.01. The van der Waals surface area contributed by atoms with Crippen LogP contribution in [0.15, 0.2) is 28.6 Å². The van der Waals surface area contributed by atoms with E-state index in [4.69, 9.17) is 0 Å². The van der Waals surface area contributed by atoms with Crippen LogP contribution in [-0.2, 0) is 10.0 Å². The van der Waals surface area contributed by atoms with E-state index in [-0.39, 0.29) is 11.8 Å². The minimum absolute atomic E-state index is 0.168. The van der Waals surface area contributed by atoms with Gasteiger partial charge >= 0.3 is 0 Å². The van der Waals surface area contributed by atoms with Crippen LogP contribution in [0.5, 0.6) is 0 Å². The molecule has 1 aliphatic carbocycles. The van der Waals surface area contributed by atoms with E-state index in [9.17, 15) is 8.42 Å². The highest BCUT2D eigenvalue weighted by Crippen LogP contribution is 2.29. The number of hydrogen-bond acceptors (Lipinski definition) is 5. The van der Waals surface area contributed by atoms with Gasteiger partial charge in [-0.15, -0.1) is 11.3 Å². The van der Waals surface area contributed by atoms with Crippen molar-refractivity contribution in [2.45, 2.75) is 42.5 Å². The molecule has 1 N–H and O–H groups in total. The molecule has 0 unspecified atom stereocenters. The van der Waals surface area contributed by atoms with Crippen LogP contribution >= 0.6 is 23.1 Å². The Labute approximate surface area is 139 Å². The van der Waals surface area contributed by atoms with Crippen LogP contribution in [0.4, 0.5) is 0 Å². The molecule has 4 nitrogen and oxygen atoms in total. The second-order valence-corrected chi connectivity index (χ2v) is 9.81. The van der Waals surface area contributed by atoms with Crippen molar-refractivity contribution in [3.63, 3.8) is 0 Å². The molecule has 1 aromatic heterocycles. The average Bonchev–Trinajstić information content (AvgIpc) is 3.11. The second kappa shape index (κ2) is 7.29.